The van der Waals surface area contributed by atoms with E-state index in [0.29, 0.717) is 9.86 Å². The van der Waals surface area contributed by atoms with Crippen molar-refractivity contribution < 1.29 is 28.3 Å². The quantitative estimate of drug-likeness (QED) is 0.362. The first-order valence-electron chi connectivity index (χ1n) is 10.7. The zero-order valence-corrected chi connectivity index (χ0v) is 20.2. The number of carbonyl (C=O) groups excluding carboxylic acids is 3. The predicted molar refractivity (Wildman–Crippen MR) is 123 cm³/mol. The maximum Gasteiger partial charge on any atom is 0.346 e. The molecule has 2 aliphatic carbocycles. The van der Waals surface area contributed by atoms with Gasteiger partial charge in [-0.25, -0.2) is 9.59 Å². The number of ketones is 1. The molecule has 1 aromatic carbocycles. The van der Waals surface area contributed by atoms with Crippen LogP contribution in [0, 0.1) is 5.41 Å². The summed E-state index contributed by atoms with van der Waals surface area (Å²) < 4.78 is 16.3. The largest absolute Gasteiger partial charge is 0.468 e. The van der Waals surface area contributed by atoms with Gasteiger partial charge in [-0.1, -0.05) is 35.2 Å². The van der Waals surface area contributed by atoms with Crippen LogP contribution in [0.4, 0.5) is 0 Å². The molecule has 174 valence electrons. The molecule has 0 amide bonds. The Labute approximate surface area is 197 Å². The average molecular weight is 518 g/mol. The second-order valence-corrected chi connectivity index (χ2v) is 9.21. The molecule has 1 N–H and O–H groups in total. The number of hydrogen-bond acceptors (Lipinski definition) is 8. The molecule has 1 heterocycles. The lowest BCUT2D eigenvalue weighted by Crippen LogP contribution is -2.50. The lowest BCUT2D eigenvalue weighted by atomic mass is 9.75. The van der Waals surface area contributed by atoms with Crippen LogP contribution in [-0.2, 0) is 23.9 Å². The lowest BCUT2D eigenvalue weighted by molar-refractivity contribution is -0.152. The summed E-state index contributed by atoms with van der Waals surface area (Å²) in [5.41, 5.74) is -2.93. The van der Waals surface area contributed by atoms with Crippen molar-refractivity contribution in [1.29, 1.82) is 0 Å². The van der Waals surface area contributed by atoms with Gasteiger partial charge in [0.1, 0.15) is 5.58 Å². The summed E-state index contributed by atoms with van der Waals surface area (Å²) in [6.45, 7) is 1.20. The Morgan fingerprint density at radius 3 is 2.39 bits per heavy atom. The van der Waals surface area contributed by atoms with Crippen molar-refractivity contribution in [3.05, 3.63) is 43.5 Å². The molecule has 1 atom stereocenters. The summed E-state index contributed by atoms with van der Waals surface area (Å²) in [5, 5.41) is 3.81. The smallest absolute Gasteiger partial charge is 0.346 e. The van der Waals surface area contributed by atoms with Gasteiger partial charge in [0.15, 0.2) is 11.2 Å². The first-order chi connectivity index (χ1) is 15.8. The van der Waals surface area contributed by atoms with Crippen LogP contribution in [0.5, 0.6) is 0 Å². The van der Waals surface area contributed by atoms with E-state index >= 15 is 0 Å². The van der Waals surface area contributed by atoms with E-state index in [2.05, 4.69) is 21.2 Å². The van der Waals surface area contributed by atoms with Crippen molar-refractivity contribution in [2.75, 3.05) is 14.2 Å². The average Bonchev–Trinajstić information content (AvgIpc) is 3.12. The van der Waals surface area contributed by atoms with Crippen molar-refractivity contribution in [2.45, 2.75) is 45.1 Å². The summed E-state index contributed by atoms with van der Waals surface area (Å²) in [5.74, 6) is -2.52. The normalized spacial score (nSPS) is 20.5. The first-order valence-corrected chi connectivity index (χ1v) is 11.5. The minimum atomic E-state index is -2.17. The van der Waals surface area contributed by atoms with Crippen LogP contribution in [-0.4, -0.2) is 38.0 Å². The van der Waals surface area contributed by atoms with E-state index in [1.807, 2.05) is 0 Å². The minimum absolute atomic E-state index is 0.0211. The highest BCUT2D eigenvalue weighted by Crippen LogP contribution is 2.42. The van der Waals surface area contributed by atoms with Gasteiger partial charge in [-0.2, -0.15) is 0 Å². The Morgan fingerprint density at radius 2 is 1.79 bits per heavy atom. The first kappa shape index (κ1) is 23.2. The molecule has 33 heavy (non-hydrogen) atoms. The molecule has 2 aliphatic rings. The molecular formula is C24H24BrNO7. The summed E-state index contributed by atoms with van der Waals surface area (Å²) in [6, 6.07) is 4.86. The van der Waals surface area contributed by atoms with E-state index in [1.165, 1.54) is 6.92 Å². The molecule has 1 unspecified atom stereocenters. The Kier molecular flexibility index (Phi) is 6.18. The van der Waals surface area contributed by atoms with Gasteiger partial charge < -0.3 is 19.2 Å². The molecular weight excluding hydrogens is 494 g/mol. The molecule has 0 aliphatic heterocycles. The number of rotatable bonds is 5. The van der Waals surface area contributed by atoms with Crippen LogP contribution in [0.15, 0.2) is 31.9 Å². The molecule has 0 saturated heterocycles. The zero-order chi connectivity index (χ0) is 23.9. The molecule has 0 spiro atoms. The van der Waals surface area contributed by atoms with E-state index in [9.17, 15) is 19.2 Å². The van der Waals surface area contributed by atoms with Crippen molar-refractivity contribution >= 4 is 55.9 Å². The Morgan fingerprint density at radius 1 is 1.09 bits per heavy atom. The third-order valence-electron chi connectivity index (χ3n) is 6.48. The number of nitrogens with one attached hydrogen (secondary N) is 1. The Hall–Kier alpha value is -2.94. The van der Waals surface area contributed by atoms with Crippen LogP contribution in [0.3, 0.4) is 0 Å². The second kappa shape index (κ2) is 8.78. The van der Waals surface area contributed by atoms with Gasteiger partial charge in [0, 0.05) is 21.1 Å². The summed E-state index contributed by atoms with van der Waals surface area (Å²) in [6.07, 6.45) is 4.61. The number of esters is 2. The number of methoxy groups -OCH3 is 2. The van der Waals surface area contributed by atoms with Crippen LogP contribution in [0.1, 0.15) is 39.0 Å². The number of fused-ring (bicyclic) bond motifs is 3. The van der Waals surface area contributed by atoms with E-state index < -0.39 is 28.8 Å². The van der Waals surface area contributed by atoms with Gasteiger partial charge >= 0.3 is 17.6 Å². The monoisotopic (exact) mass is 517 g/mol. The predicted octanol–water partition coefficient (Wildman–Crippen LogP) is 1.67. The number of ether oxygens (including phenoxy) is 2. The van der Waals surface area contributed by atoms with E-state index in [0.717, 1.165) is 46.3 Å². The van der Waals surface area contributed by atoms with Crippen LogP contribution < -0.4 is 21.4 Å². The van der Waals surface area contributed by atoms with Crippen molar-refractivity contribution in [3.63, 3.8) is 0 Å². The summed E-state index contributed by atoms with van der Waals surface area (Å²) >= 11 is 3.40. The standard InChI is InChI=1S/C24H24BrNO7/c1-12(27)24(23(30)32-3)19(22(29)31-2)17-15-11-13(25)9-10-16(15)33-21(28)18(17)20(24)26-14-7-5-4-6-8-14/h9-11,14,26H,4-8H2,1-3H3. The Balaban J connectivity index is 2.26. The van der Waals surface area contributed by atoms with Gasteiger partial charge in [0.05, 0.1) is 30.7 Å². The van der Waals surface area contributed by atoms with Crippen LogP contribution >= 0.6 is 15.9 Å². The fourth-order valence-electron chi connectivity index (χ4n) is 5.00. The van der Waals surface area contributed by atoms with Gasteiger partial charge in [-0.3, -0.25) is 9.59 Å². The topological polar surface area (TPSA) is 112 Å². The van der Waals surface area contributed by atoms with Gasteiger partial charge in [0.2, 0.25) is 0 Å². The van der Waals surface area contributed by atoms with E-state index in [1.54, 1.807) is 18.2 Å². The summed E-state index contributed by atoms with van der Waals surface area (Å²) in [7, 11) is 2.30. The number of carbonyl (C=O) groups is 3. The molecule has 8 nitrogen and oxygen atoms in total. The van der Waals surface area contributed by atoms with Crippen molar-refractivity contribution in [2.24, 2.45) is 5.41 Å². The van der Waals surface area contributed by atoms with E-state index in [4.69, 9.17) is 13.9 Å². The third kappa shape index (κ3) is 3.49. The number of halogens is 1. The maximum absolute atomic E-state index is 13.4. The lowest BCUT2D eigenvalue weighted by Gasteiger charge is -2.33. The van der Waals surface area contributed by atoms with Gasteiger partial charge in [-0.05, 0) is 38.0 Å². The number of benzene rings is 1. The molecule has 0 radical (unpaired) electrons. The molecule has 1 aromatic heterocycles. The molecule has 2 aromatic rings. The third-order valence-corrected chi connectivity index (χ3v) is 6.97. The minimum Gasteiger partial charge on any atom is -0.468 e. The Bertz CT molecular complexity index is 1350. The highest BCUT2D eigenvalue weighted by Gasteiger charge is 2.58. The van der Waals surface area contributed by atoms with Crippen LogP contribution in [0.2, 0.25) is 0 Å². The molecule has 4 rings (SSSR count). The van der Waals surface area contributed by atoms with Gasteiger partial charge in [-0.15, -0.1) is 0 Å². The fourth-order valence-corrected chi connectivity index (χ4v) is 5.36. The maximum atomic E-state index is 13.4. The zero-order valence-electron chi connectivity index (χ0n) is 18.6. The molecule has 1 fully saturated rings. The number of hydrogen-bond donors (Lipinski definition) is 1. The highest BCUT2D eigenvalue weighted by molar-refractivity contribution is 9.10. The fraction of sp³-hybridized carbons (Fsp3) is 0.417. The van der Waals surface area contributed by atoms with Crippen molar-refractivity contribution in [1.82, 2.24) is 5.32 Å². The summed E-state index contributed by atoms with van der Waals surface area (Å²) in [4.78, 5) is 53.1. The van der Waals surface area contributed by atoms with Gasteiger partial charge in [0.25, 0.3) is 0 Å². The molecule has 1 saturated carbocycles. The second-order valence-electron chi connectivity index (χ2n) is 8.30. The molecule has 0 bridgehead atoms. The highest BCUT2D eigenvalue weighted by atomic mass is 79.9. The van der Waals surface area contributed by atoms with Crippen LogP contribution in [0.25, 0.3) is 22.2 Å². The SMILES string of the molecule is COC(=O)C1=c2c(c(=O)oc3ccc(Br)cc23)=C(NC2CCCCC2)C1(C(C)=O)C(=O)OC. The van der Waals surface area contributed by atoms with E-state index in [-0.39, 0.29) is 33.3 Å². The number of Topliss-reactive ketones (excluding diaryl/α,β-unsaturated/α-hetero) is 1. The van der Waals surface area contributed by atoms with Crippen molar-refractivity contribution in [3.8, 4) is 0 Å². The molecule has 9 heteroatoms.